The summed E-state index contributed by atoms with van der Waals surface area (Å²) in [5.74, 6) is 0. The number of methoxy groups -OCH3 is 2. The van der Waals surface area contributed by atoms with Crippen LogP contribution in [0.25, 0.3) is 0 Å². The molecule has 2 heterocycles. The Morgan fingerprint density at radius 2 is 1.40 bits per heavy atom. The first-order chi connectivity index (χ1) is 19.3. The maximum atomic E-state index is 13.1. The highest BCUT2D eigenvalue weighted by atomic mass is 28.4. The Morgan fingerprint density at radius 3 is 2.08 bits per heavy atom. The standard InChI is InChI=1S/C32H42N2O5Si/c1-6-40(7-2,8-3)39-32-17-19-34(30(36)38-5)28(32)21-23-25(14-11-15-26(23)32)31-16-18-33(29(35)37-4)27(31)20-22-12-9-10-13-24(22)31/h9-15,27-28H,6-8,16-21H2,1-5H3/t27?,28?,31-,32+/m1/s1. The highest BCUT2D eigenvalue weighted by Gasteiger charge is 2.62. The van der Waals surface area contributed by atoms with Crippen LogP contribution in [0.2, 0.25) is 18.1 Å². The third-order valence-electron chi connectivity index (χ3n) is 10.9. The smallest absolute Gasteiger partial charge is 0.409 e. The predicted molar refractivity (Wildman–Crippen MR) is 156 cm³/mol. The summed E-state index contributed by atoms with van der Waals surface area (Å²) in [5.41, 5.74) is 5.58. The number of fused-ring (bicyclic) bond motifs is 6. The molecule has 2 fully saturated rings. The maximum Gasteiger partial charge on any atom is 0.409 e. The number of hydrogen-bond acceptors (Lipinski definition) is 5. The highest BCUT2D eigenvalue weighted by Crippen LogP contribution is 2.58. The van der Waals surface area contributed by atoms with E-state index in [0.29, 0.717) is 13.1 Å². The molecule has 0 radical (unpaired) electrons. The van der Waals surface area contributed by atoms with Crippen LogP contribution in [0.3, 0.4) is 0 Å². The number of carbonyl (C=O) groups excluding carboxylic acids is 2. The SMILES string of the molecule is CC[Si](CC)(CC)O[C@]12CCN(C(=O)OC)C1Cc1c([C@]34CCN(C(=O)OC)C3Cc3ccccc34)cccc12. The average Bonchev–Trinajstić information content (AvgIpc) is 3.71. The number of likely N-dealkylation sites (tertiary alicyclic amines) is 2. The lowest BCUT2D eigenvalue weighted by molar-refractivity contribution is 0.0250. The number of carbonyl (C=O) groups is 2. The number of benzene rings is 2. The minimum Gasteiger partial charge on any atom is -0.453 e. The Balaban J connectivity index is 1.54. The van der Waals surface area contributed by atoms with Gasteiger partial charge in [-0.3, -0.25) is 0 Å². The molecule has 6 rings (SSSR count). The molecule has 2 amide bonds. The summed E-state index contributed by atoms with van der Waals surface area (Å²) in [7, 11) is 0.909. The van der Waals surface area contributed by atoms with Gasteiger partial charge in [-0.05, 0) is 71.6 Å². The van der Waals surface area contributed by atoms with E-state index in [1.54, 1.807) is 0 Å². The van der Waals surface area contributed by atoms with E-state index in [1.807, 2.05) is 9.80 Å². The van der Waals surface area contributed by atoms with Crippen LogP contribution in [-0.2, 0) is 37.8 Å². The molecule has 4 atom stereocenters. The van der Waals surface area contributed by atoms with Crippen molar-refractivity contribution in [3.8, 4) is 0 Å². The zero-order chi connectivity index (χ0) is 28.3. The van der Waals surface area contributed by atoms with E-state index in [0.717, 1.165) is 43.8 Å². The van der Waals surface area contributed by atoms with Crippen LogP contribution in [0.4, 0.5) is 9.59 Å². The van der Waals surface area contributed by atoms with Crippen LogP contribution in [0.1, 0.15) is 61.4 Å². The van der Waals surface area contributed by atoms with Crippen molar-refractivity contribution in [1.82, 2.24) is 9.80 Å². The molecule has 0 bridgehead atoms. The van der Waals surface area contributed by atoms with Crippen LogP contribution in [0.5, 0.6) is 0 Å². The summed E-state index contributed by atoms with van der Waals surface area (Å²) in [4.78, 5) is 29.9. The van der Waals surface area contributed by atoms with Crippen molar-refractivity contribution in [2.24, 2.45) is 0 Å². The molecule has 4 aliphatic rings. The third-order valence-corrected chi connectivity index (χ3v) is 15.6. The van der Waals surface area contributed by atoms with Gasteiger partial charge in [0.2, 0.25) is 0 Å². The van der Waals surface area contributed by atoms with Crippen LogP contribution in [0, 0.1) is 0 Å². The Morgan fingerprint density at radius 1 is 0.800 bits per heavy atom. The van der Waals surface area contributed by atoms with Crippen molar-refractivity contribution in [3.05, 3.63) is 70.3 Å². The van der Waals surface area contributed by atoms with Crippen molar-refractivity contribution in [3.63, 3.8) is 0 Å². The van der Waals surface area contributed by atoms with Gasteiger partial charge < -0.3 is 23.7 Å². The first-order valence-electron chi connectivity index (χ1n) is 14.9. The molecule has 2 unspecified atom stereocenters. The fraction of sp³-hybridized carbons (Fsp3) is 0.562. The van der Waals surface area contributed by atoms with E-state index >= 15 is 0 Å². The van der Waals surface area contributed by atoms with Crippen molar-refractivity contribution in [1.29, 1.82) is 0 Å². The van der Waals surface area contributed by atoms with Crippen molar-refractivity contribution in [2.75, 3.05) is 27.3 Å². The second-order valence-corrected chi connectivity index (χ2v) is 16.7. The molecule has 0 N–H and O–H groups in total. The van der Waals surface area contributed by atoms with Gasteiger partial charge in [-0.25, -0.2) is 9.59 Å². The average molecular weight is 563 g/mol. The van der Waals surface area contributed by atoms with Crippen LogP contribution in [-0.4, -0.2) is 69.7 Å². The fourth-order valence-corrected chi connectivity index (χ4v) is 11.8. The molecule has 40 heavy (non-hydrogen) atoms. The normalized spacial score (nSPS) is 28.2. The van der Waals surface area contributed by atoms with E-state index in [2.05, 4.69) is 63.2 Å². The lowest BCUT2D eigenvalue weighted by Gasteiger charge is -2.42. The van der Waals surface area contributed by atoms with Crippen LogP contribution in [0.15, 0.2) is 42.5 Å². The number of amides is 2. The summed E-state index contributed by atoms with van der Waals surface area (Å²) >= 11 is 0. The van der Waals surface area contributed by atoms with E-state index in [9.17, 15) is 9.59 Å². The molecule has 214 valence electrons. The van der Waals surface area contributed by atoms with E-state index < -0.39 is 13.9 Å². The van der Waals surface area contributed by atoms with Gasteiger partial charge >= 0.3 is 12.2 Å². The topological polar surface area (TPSA) is 68.3 Å². The molecule has 2 aliphatic carbocycles. The fourth-order valence-electron chi connectivity index (χ4n) is 8.75. The quantitative estimate of drug-likeness (QED) is 0.405. The second kappa shape index (κ2) is 9.91. The van der Waals surface area contributed by atoms with Crippen molar-refractivity contribution < 1.29 is 23.5 Å². The van der Waals surface area contributed by atoms with Gasteiger partial charge in [-0.2, -0.15) is 0 Å². The number of rotatable bonds is 6. The summed E-state index contributed by atoms with van der Waals surface area (Å²) in [6.45, 7) is 8.09. The van der Waals surface area contributed by atoms with Gasteiger partial charge in [0.25, 0.3) is 0 Å². The lowest BCUT2D eigenvalue weighted by atomic mass is 9.70. The molecule has 0 spiro atoms. The van der Waals surface area contributed by atoms with Crippen LogP contribution >= 0.6 is 0 Å². The monoisotopic (exact) mass is 562 g/mol. The van der Waals surface area contributed by atoms with Gasteiger partial charge in [-0.1, -0.05) is 63.2 Å². The van der Waals surface area contributed by atoms with Crippen molar-refractivity contribution in [2.45, 2.75) is 87.7 Å². The Labute approximate surface area is 238 Å². The summed E-state index contributed by atoms with van der Waals surface area (Å²) in [6, 6.07) is 18.4. The second-order valence-electron chi connectivity index (χ2n) is 12.0. The van der Waals surface area contributed by atoms with Gasteiger partial charge in [0.1, 0.15) is 5.60 Å². The van der Waals surface area contributed by atoms with Gasteiger partial charge in [0, 0.05) is 18.5 Å². The third kappa shape index (κ3) is 3.57. The summed E-state index contributed by atoms with van der Waals surface area (Å²) in [5, 5.41) is 0. The number of nitrogens with zero attached hydrogens (tertiary/aromatic N) is 2. The zero-order valence-electron chi connectivity index (χ0n) is 24.5. The van der Waals surface area contributed by atoms with Crippen LogP contribution < -0.4 is 0 Å². The van der Waals surface area contributed by atoms with Gasteiger partial charge in [-0.15, -0.1) is 0 Å². The molecule has 0 saturated carbocycles. The molecular formula is C32H42N2O5Si. The first kappa shape index (κ1) is 27.3. The summed E-state index contributed by atoms with van der Waals surface area (Å²) in [6.07, 6.45) is 2.63. The Bertz CT molecular complexity index is 1320. The molecule has 2 aromatic carbocycles. The highest BCUT2D eigenvalue weighted by molar-refractivity contribution is 6.73. The Kier molecular flexibility index (Phi) is 6.77. The lowest BCUT2D eigenvalue weighted by Crippen LogP contribution is -2.51. The number of hydrogen-bond donors (Lipinski definition) is 0. The molecule has 2 saturated heterocycles. The molecule has 2 aliphatic heterocycles. The predicted octanol–water partition coefficient (Wildman–Crippen LogP) is 5.98. The molecule has 8 heteroatoms. The van der Waals surface area contributed by atoms with Gasteiger partial charge in [0.05, 0.1) is 26.3 Å². The molecular weight excluding hydrogens is 520 g/mol. The molecule has 0 aromatic heterocycles. The largest absolute Gasteiger partial charge is 0.453 e. The first-order valence-corrected chi connectivity index (χ1v) is 17.5. The molecule has 7 nitrogen and oxygen atoms in total. The minimum absolute atomic E-state index is 0.00624. The maximum absolute atomic E-state index is 13.1. The summed E-state index contributed by atoms with van der Waals surface area (Å²) < 4.78 is 18.0. The number of ether oxygens (including phenoxy) is 2. The molecule has 2 aromatic rings. The van der Waals surface area contributed by atoms with Crippen molar-refractivity contribution >= 4 is 20.5 Å². The van der Waals surface area contributed by atoms with E-state index in [1.165, 1.54) is 42.0 Å². The zero-order valence-corrected chi connectivity index (χ0v) is 25.5. The van der Waals surface area contributed by atoms with Gasteiger partial charge in [0.15, 0.2) is 8.32 Å². The van der Waals surface area contributed by atoms with E-state index in [4.69, 9.17) is 13.9 Å². The minimum atomic E-state index is -2.03. The Hall–Kier alpha value is -2.84. The van der Waals surface area contributed by atoms with E-state index in [-0.39, 0.29) is 29.7 Å².